The predicted molar refractivity (Wildman–Crippen MR) is 88.8 cm³/mol. The van der Waals surface area contributed by atoms with E-state index in [9.17, 15) is 14.3 Å². The Morgan fingerprint density at radius 2 is 2.09 bits per heavy atom. The van der Waals surface area contributed by atoms with Crippen LogP contribution < -0.4 is 10.2 Å². The van der Waals surface area contributed by atoms with Crippen LogP contribution in [0.3, 0.4) is 0 Å². The SMILES string of the molecule is CN(CCCNC(=O)C1(O)CCSCC1)c1ccccc1F. The largest absolute Gasteiger partial charge is 0.380 e. The molecular weight excluding hydrogens is 303 g/mol. The number of anilines is 1. The van der Waals surface area contributed by atoms with E-state index in [1.54, 1.807) is 30.0 Å². The summed E-state index contributed by atoms with van der Waals surface area (Å²) < 4.78 is 13.6. The lowest BCUT2D eigenvalue weighted by molar-refractivity contribution is -0.140. The molecule has 22 heavy (non-hydrogen) atoms. The number of hydrogen-bond donors (Lipinski definition) is 2. The Balaban J connectivity index is 1.73. The zero-order valence-corrected chi connectivity index (χ0v) is 13.7. The van der Waals surface area contributed by atoms with Crippen LogP contribution >= 0.6 is 11.8 Å². The number of benzene rings is 1. The summed E-state index contributed by atoms with van der Waals surface area (Å²) >= 11 is 1.76. The Morgan fingerprint density at radius 3 is 2.77 bits per heavy atom. The summed E-state index contributed by atoms with van der Waals surface area (Å²) in [5, 5.41) is 13.1. The summed E-state index contributed by atoms with van der Waals surface area (Å²) in [6.45, 7) is 1.11. The maximum Gasteiger partial charge on any atom is 0.252 e. The molecular formula is C16H23FN2O2S. The lowest BCUT2D eigenvalue weighted by Crippen LogP contribution is -2.49. The number of halogens is 1. The van der Waals surface area contributed by atoms with Crippen LogP contribution in [0.25, 0.3) is 0 Å². The first kappa shape index (κ1) is 17.1. The molecule has 2 rings (SSSR count). The van der Waals surface area contributed by atoms with Crippen LogP contribution in [0.5, 0.6) is 0 Å². The van der Waals surface area contributed by atoms with Crippen molar-refractivity contribution in [2.24, 2.45) is 0 Å². The highest BCUT2D eigenvalue weighted by atomic mass is 32.2. The molecule has 0 aromatic heterocycles. The minimum absolute atomic E-state index is 0.247. The maximum atomic E-state index is 13.6. The Labute approximate surface area is 135 Å². The molecule has 1 aliphatic rings. The number of hydrogen-bond acceptors (Lipinski definition) is 4. The molecule has 1 fully saturated rings. The van der Waals surface area contributed by atoms with E-state index in [0.29, 0.717) is 38.0 Å². The van der Waals surface area contributed by atoms with Crippen molar-refractivity contribution >= 4 is 23.4 Å². The van der Waals surface area contributed by atoms with Gasteiger partial charge >= 0.3 is 0 Å². The van der Waals surface area contributed by atoms with Gasteiger partial charge in [0.2, 0.25) is 0 Å². The van der Waals surface area contributed by atoms with Crippen molar-refractivity contribution in [3.8, 4) is 0 Å². The van der Waals surface area contributed by atoms with Gasteiger partial charge < -0.3 is 15.3 Å². The monoisotopic (exact) mass is 326 g/mol. The molecule has 1 heterocycles. The van der Waals surface area contributed by atoms with Gasteiger partial charge in [0.05, 0.1) is 5.69 Å². The third-order valence-electron chi connectivity index (χ3n) is 3.96. The lowest BCUT2D eigenvalue weighted by Gasteiger charge is -2.30. The first-order valence-electron chi connectivity index (χ1n) is 7.57. The number of thioether (sulfide) groups is 1. The van der Waals surface area contributed by atoms with Gasteiger partial charge in [-0.3, -0.25) is 4.79 Å². The number of amides is 1. The smallest absolute Gasteiger partial charge is 0.252 e. The molecule has 0 atom stereocenters. The molecule has 0 aliphatic carbocycles. The van der Waals surface area contributed by atoms with E-state index in [4.69, 9.17) is 0 Å². The highest BCUT2D eigenvalue weighted by Gasteiger charge is 2.36. The molecule has 122 valence electrons. The number of para-hydroxylation sites is 1. The van der Waals surface area contributed by atoms with Crippen LogP contribution in [0.2, 0.25) is 0 Å². The molecule has 1 amide bonds. The van der Waals surface area contributed by atoms with Gasteiger partial charge in [0.1, 0.15) is 11.4 Å². The van der Waals surface area contributed by atoms with E-state index >= 15 is 0 Å². The van der Waals surface area contributed by atoms with E-state index in [2.05, 4.69) is 5.32 Å². The summed E-state index contributed by atoms with van der Waals surface area (Å²) in [6.07, 6.45) is 1.72. The maximum absolute atomic E-state index is 13.6. The van der Waals surface area contributed by atoms with Crippen LogP contribution in [-0.2, 0) is 4.79 Å². The van der Waals surface area contributed by atoms with Crippen LogP contribution in [0.15, 0.2) is 24.3 Å². The average molecular weight is 326 g/mol. The van der Waals surface area contributed by atoms with Gasteiger partial charge in [0.25, 0.3) is 5.91 Å². The van der Waals surface area contributed by atoms with Gasteiger partial charge in [0, 0.05) is 20.1 Å². The third-order valence-corrected chi connectivity index (χ3v) is 4.95. The fraction of sp³-hybridized carbons (Fsp3) is 0.562. The molecule has 0 saturated carbocycles. The minimum Gasteiger partial charge on any atom is -0.380 e. The Morgan fingerprint density at radius 1 is 1.41 bits per heavy atom. The first-order valence-corrected chi connectivity index (χ1v) is 8.72. The average Bonchev–Trinajstić information content (AvgIpc) is 2.52. The van der Waals surface area contributed by atoms with Gasteiger partial charge in [-0.05, 0) is 42.9 Å². The molecule has 1 aliphatic heterocycles. The van der Waals surface area contributed by atoms with Gasteiger partial charge in [-0.1, -0.05) is 12.1 Å². The van der Waals surface area contributed by atoms with Crippen molar-refractivity contribution in [3.05, 3.63) is 30.1 Å². The second-order valence-corrected chi connectivity index (χ2v) is 6.85. The van der Waals surface area contributed by atoms with E-state index in [1.165, 1.54) is 6.07 Å². The number of carbonyl (C=O) groups excluding carboxylic acids is 1. The van der Waals surface area contributed by atoms with Crippen molar-refractivity contribution < 1.29 is 14.3 Å². The molecule has 1 aromatic rings. The third kappa shape index (κ3) is 4.36. The first-order chi connectivity index (χ1) is 10.5. The number of nitrogens with one attached hydrogen (secondary N) is 1. The number of aliphatic hydroxyl groups is 1. The molecule has 0 spiro atoms. The fourth-order valence-electron chi connectivity index (χ4n) is 2.50. The summed E-state index contributed by atoms with van der Waals surface area (Å²) in [5.41, 5.74) is -0.653. The lowest BCUT2D eigenvalue weighted by atomic mass is 9.96. The standard InChI is InChI=1S/C16H23FN2O2S/c1-19(14-6-3-2-5-13(14)17)10-4-9-18-15(20)16(21)7-11-22-12-8-16/h2-3,5-6,21H,4,7-12H2,1H3,(H,18,20). The fourth-order valence-corrected chi connectivity index (χ4v) is 3.67. The zero-order valence-electron chi connectivity index (χ0n) is 12.8. The van der Waals surface area contributed by atoms with Crippen LogP contribution in [0.4, 0.5) is 10.1 Å². The van der Waals surface area contributed by atoms with Gasteiger partial charge in [-0.15, -0.1) is 0 Å². The molecule has 4 nitrogen and oxygen atoms in total. The summed E-state index contributed by atoms with van der Waals surface area (Å²) in [6, 6.07) is 6.63. The number of rotatable bonds is 6. The second kappa shape index (κ2) is 7.83. The Hall–Kier alpha value is -1.27. The summed E-state index contributed by atoms with van der Waals surface area (Å²) in [5.74, 6) is 1.12. The Bertz CT molecular complexity index is 507. The normalized spacial score (nSPS) is 17.0. The van der Waals surface area contributed by atoms with Crippen molar-refractivity contribution in [3.63, 3.8) is 0 Å². The topological polar surface area (TPSA) is 52.6 Å². The van der Waals surface area contributed by atoms with Gasteiger partial charge in [-0.2, -0.15) is 11.8 Å². The highest BCUT2D eigenvalue weighted by Crippen LogP contribution is 2.26. The zero-order chi connectivity index (χ0) is 16.0. The second-order valence-electron chi connectivity index (χ2n) is 5.63. The molecule has 1 aromatic carbocycles. The number of nitrogens with zero attached hydrogens (tertiary/aromatic N) is 1. The van der Waals surface area contributed by atoms with Crippen molar-refractivity contribution in [1.82, 2.24) is 5.32 Å². The van der Waals surface area contributed by atoms with Crippen molar-refractivity contribution in [1.29, 1.82) is 0 Å². The summed E-state index contributed by atoms with van der Waals surface area (Å²) in [4.78, 5) is 13.9. The van der Waals surface area contributed by atoms with Crippen molar-refractivity contribution in [2.45, 2.75) is 24.9 Å². The quantitative estimate of drug-likeness (QED) is 0.786. The molecule has 0 unspecified atom stereocenters. The minimum atomic E-state index is -1.21. The summed E-state index contributed by atoms with van der Waals surface area (Å²) in [7, 11) is 1.83. The molecule has 0 radical (unpaired) electrons. The molecule has 0 bridgehead atoms. The van der Waals surface area contributed by atoms with Crippen molar-refractivity contribution in [2.75, 3.05) is 36.5 Å². The van der Waals surface area contributed by atoms with E-state index < -0.39 is 5.60 Å². The molecule has 1 saturated heterocycles. The van der Waals surface area contributed by atoms with E-state index in [0.717, 1.165) is 11.5 Å². The number of carbonyl (C=O) groups is 1. The van der Waals surface area contributed by atoms with Gasteiger partial charge in [0.15, 0.2) is 0 Å². The predicted octanol–water partition coefficient (Wildman–Crippen LogP) is 2.03. The van der Waals surface area contributed by atoms with Gasteiger partial charge in [-0.25, -0.2) is 4.39 Å². The van der Waals surface area contributed by atoms with Crippen LogP contribution in [0.1, 0.15) is 19.3 Å². The van der Waals surface area contributed by atoms with Crippen LogP contribution in [0, 0.1) is 5.82 Å². The van der Waals surface area contributed by atoms with E-state index in [-0.39, 0.29) is 11.7 Å². The molecule has 2 N–H and O–H groups in total. The highest BCUT2D eigenvalue weighted by molar-refractivity contribution is 7.99. The van der Waals surface area contributed by atoms with Crippen LogP contribution in [-0.4, -0.2) is 48.3 Å². The molecule has 6 heteroatoms. The van der Waals surface area contributed by atoms with E-state index in [1.807, 2.05) is 11.9 Å². The Kier molecular flexibility index (Phi) is 6.08.